The number of thiocarbonyl (C=S) groups is 1. The SMILES string of the molecule is O=C(NN1C(=O)/C(=C\c2ccc([O-])c([N+](=O)[O-])c2)SC1=S)c1ccccc1Cl. The van der Waals surface area contributed by atoms with Gasteiger partial charge in [-0.25, -0.2) is 0 Å². The van der Waals surface area contributed by atoms with E-state index in [0.29, 0.717) is 0 Å². The van der Waals surface area contributed by atoms with Gasteiger partial charge < -0.3 is 5.11 Å². The first-order chi connectivity index (χ1) is 13.3. The van der Waals surface area contributed by atoms with Gasteiger partial charge in [-0.15, -0.1) is 0 Å². The highest BCUT2D eigenvalue weighted by Crippen LogP contribution is 2.33. The summed E-state index contributed by atoms with van der Waals surface area (Å²) in [5.41, 5.74) is 2.24. The van der Waals surface area contributed by atoms with E-state index in [4.69, 9.17) is 23.8 Å². The van der Waals surface area contributed by atoms with Crippen LogP contribution in [0.4, 0.5) is 5.69 Å². The van der Waals surface area contributed by atoms with Crippen molar-refractivity contribution >= 4 is 63.5 Å². The van der Waals surface area contributed by atoms with Crippen molar-refractivity contribution in [2.75, 3.05) is 0 Å². The number of hydrogen-bond donors (Lipinski definition) is 1. The molecule has 3 rings (SSSR count). The molecule has 0 unspecified atom stereocenters. The van der Waals surface area contributed by atoms with E-state index in [2.05, 4.69) is 5.43 Å². The van der Waals surface area contributed by atoms with Crippen LogP contribution in [0.15, 0.2) is 47.4 Å². The van der Waals surface area contributed by atoms with Crippen LogP contribution in [0.1, 0.15) is 15.9 Å². The maximum Gasteiger partial charge on any atom is 0.285 e. The molecule has 0 radical (unpaired) electrons. The Morgan fingerprint density at radius 3 is 2.68 bits per heavy atom. The van der Waals surface area contributed by atoms with Crippen LogP contribution in [0.5, 0.6) is 5.75 Å². The lowest BCUT2D eigenvalue weighted by atomic mass is 10.1. The highest BCUT2D eigenvalue weighted by molar-refractivity contribution is 8.26. The maximum atomic E-state index is 12.6. The number of nitro groups is 1. The van der Waals surface area contributed by atoms with Crippen LogP contribution >= 0.6 is 35.6 Å². The Labute approximate surface area is 172 Å². The van der Waals surface area contributed by atoms with Crippen LogP contribution in [-0.2, 0) is 4.79 Å². The van der Waals surface area contributed by atoms with Crippen LogP contribution in [0, 0.1) is 10.1 Å². The van der Waals surface area contributed by atoms with Gasteiger partial charge in [0.15, 0.2) is 4.32 Å². The van der Waals surface area contributed by atoms with Crippen molar-refractivity contribution in [1.29, 1.82) is 0 Å². The van der Waals surface area contributed by atoms with Crippen molar-refractivity contribution in [2.45, 2.75) is 0 Å². The number of benzene rings is 2. The molecule has 2 aromatic carbocycles. The normalized spacial score (nSPS) is 15.2. The van der Waals surface area contributed by atoms with E-state index >= 15 is 0 Å². The van der Waals surface area contributed by atoms with E-state index in [1.807, 2.05) is 0 Å². The Kier molecular flexibility index (Phi) is 5.63. The fourth-order valence-electron chi connectivity index (χ4n) is 2.29. The Bertz CT molecular complexity index is 1060. The van der Waals surface area contributed by atoms with Gasteiger partial charge in [-0.05, 0) is 41.7 Å². The van der Waals surface area contributed by atoms with Gasteiger partial charge >= 0.3 is 0 Å². The Hall–Kier alpha value is -2.95. The number of thioether (sulfide) groups is 1. The van der Waals surface area contributed by atoms with E-state index in [1.54, 1.807) is 12.1 Å². The molecule has 8 nitrogen and oxygen atoms in total. The molecule has 1 saturated heterocycles. The van der Waals surface area contributed by atoms with Crippen molar-refractivity contribution in [1.82, 2.24) is 10.4 Å². The average molecular weight is 435 g/mol. The van der Waals surface area contributed by atoms with Gasteiger partial charge in [0.25, 0.3) is 17.5 Å². The molecule has 0 saturated carbocycles. The lowest BCUT2D eigenvalue weighted by Gasteiger charge is -2.16. The number of nitrogens with zero attached hydrogens (tertiary/aromatic N) is 2. The van der Waals surface area contributed by atoms with Crippen molar-refractivity contribution in [3.8, 4) is 5.75 Å². The molecule has 1 fully saturated rings. The number of carbonyl (C=O) groups is 2. The summed E-state index contributed by atoms with van der Waals surface area (Å²) in [5, 5.41) is 23.5. The molecule has 0 aromatic heterocycles. The van der Waals surface area contributed by atoms with Crippen molar-refractivity contribution in [2.24, 2.45) is 0 Å². The number of nitrogens with one attached hydrogen (secondary N) is 1. The number of halogens is 1. The molecular formula is C17H9ClN3O5S2-. The third-order valence-corrected chi connectivity index (χ3v) is 5.23. The zero-order valence-electron chi connectivity index (χ0n) is 13.7. The van der Waals surface area contributed by atoms with Crippen molar-refractivity contribution < 1.29 is 19.6 Å². The minimum absolute atomic E-state index is 0.0756. The summed E-state index contributed by atoms with van der Waals surface area (Å²) in [6, 6.07) is 9.78. The summed E-state index contributed by atoms with van der Waals surface area (Å²) in [6.07, 6.45) is 1.35. The number of amides is 2. The third kappa shape index (κ3) is 3.98. The summed E-state index contributed by atoms with van der Waals surface area (Å²) >= 11 is 12.0. The van der Waals surface area contributed by atoms with Crippen LogP contribution < -0.4 is 10.5 Å². The van der Waals surface area contributed by atoms with Crippen LogP contribution in [-0.4, -0.2) is 26.1 Å². The molecular weight excluding hydrogens is 426 g/mol. The van der Waals surface area contributed by atoms with E-state index in [1.165, 1.54) is 24.3 Å². The average Bonchev–Trinajstić information content (AvgIpc) is 2.90. The van der Waals surface area contributed by atoms with Gasteiger partial charge in [0.2, 0.25) is 0 Å². The van der Waals surface area contributed by atoms with E-state index in [-0.39, 0.29) is 25.4 Å². The second kappa shape index (κ2) is 7.97. The molecule has 0 spiro atoms. The molecule has 1 heterocycles. The summed E-state index contributed by atoms with van der Waals surface area (Å²) in [5.74, 6) is -1.96. The largest absolute Gasteiger partial charge is 0.868 e. The molecule has 1 aliphatic rings. The summed E-state index contributed by atoms with van der Waals surface area (Å²) in [4.78, 5) is 35.1. The predicted octanol–water partition coefficient (Wildman–Crippen LogP) is 2.87. The van der Waals surface area contributed by atoms with Crippen molar-refractivity contribution in [3.05, 3.63) is 73.6 Å². The highest BCUT2D eigenvalue weighted by Gasteiger charge is 2.34. The number of nitro benzene ring substituents is 1. The van der Waals surface area contributed by atoms with Gasteiger partial charge in [0.05, 0.1) is 20.4 Å². The Morgan fingerprint density at radius 1 is 1.29 bits per heavy atom. The molecule has 2 aromatic rings. The van der Waals surface area contributed by atoms with Crippen LogP contribution in [0.3, 0.4) is 0 Å². The standard InChI is InChI=1S/C17H10ClN3O5S2/c18-11-4-2-1-3-10(11)15(23)19-20-16(24)14(28-17(20)27)8-9-5-6-13(22)12(7-9)21(25)26/h1-8,22H,(H,19,23)/p-1/b14-8+. The fourth-order valence-corrected chi connectivity index (χ4v) is 3.69. The molecule has 11 heteroatoms. The lowest BCUT2D eigenvalue weighted by Crippen LogP contribution is -2.44. The number of rotatable bonds is 4. The van der Waals surface area contributed by atoms with Crippen LogP contribution in [0.25, 0.3) is 6.08 Å². The number of hydrazine groups is 1. The summed E-state index contributed by atoms with van der Waals surface area (Å²) in [6.45, 7) is 0. The van der Waals surface area contributed by atoms with Gasteiger partial charge in [0, 0.05) is 6.07 Å². The highest BCUT2D eigenvalue weighted by atomic mass is 35.5. The number of hydrogen-bond acceptors (Lipinski definition) is 7. The summed E-state index contributed by atoms with van der Waals surface area (Å²) < 4.78 is 0.0756. The first-order valence-corrected chi connectivity index (χ1v) is 9.17. The van der Waals surface area contributed by atoms with E-state index < -0.39 is 28.2 Å². The topological polar surface area (TPSA) is 116 Å². The third-order valence-electron chi connectivity index (χ3n) is 3.60. The molecule has 2 amide bonds. The van der Waals surface area contributed by atoms with Crippen LogP contribution in [0.2, 0.25) is 5.02 Å². The lowest BCUT2D eigenvalue weighted by molar-refractivity contribution is -0.398. The molecule has 28 heavy (non-hydrogen) atoms. The minimum Gasteiger partial charge on any atom is -0.868 e. The molecule has 142 valence electrons. The zero-order valence-corrected chi connectivity index (χ0v) is 16.1. The minimum atomic E-state index is -0.797. The molecule has 0 atom stereocenters. The monoisotopic (exact) mass is 434 g/mol. The second-order valence-corrected chi connectivity index (χ2v) is 7.51. The van der Waals surface area contributed by atoms with Gasteiger partial charge in [0.1, 0.15) is 0 Å². The fraction of sp³-hybridized carbons (Fsp3) is 0. The number of carbonyl (C=O) groups excluding carboxylic acids is 2. The Balaban J connectivity index is 1.83. The van der Waals surface area contributed by atoms with Gasteiger partial charge in [-0.2, -0.15) is 5.01 Å². The molecule has 0 bridgehead atoms. The summed E-state index contributed by atoms with van der Waals surface area (Å²) in [7, 11) is 0. The van der Waals surface area contributed by atoms with E-state index in [9.17, 15) is 24.8 Å². The quantitative estimate of drug-likeness (QED) is 0.340. The molecule has 1 aliphatic heterocycles. The first kappa shape index (κ1) is 19.8. The van der Waals surface area contributed by atoms with E-state index in [0.717, 1.165) is 28.9 Å². The predicted molar refractivity (Wildman–Crippen MR) is 106 cm³/mol. The molecule has 0 aliphatic carbocycles. The molecule has 1 N–H and O–H groups in total. The second-order valence-electron chi connectivity index (χ2n) is 5.42. The van der Waals surface area contributed by atoms with Gasteiger partial charge in [-0.3, -0.25) is 25.1 Å². The smallest absolute Gasteiger partial charge is 0.285 e. The first-order valence-electron chi connectivity index (χ1n) is 7.57. The zero-order chi connectivity index (χ0) is 20.4. The Morgan fingerprint density at radius 2 is 2.00 bits per heavy atom. The maximum absolute atomic E-state index is 12.6. The van der Waals surface area contributed by atoms with Crippen molar-refractivity contribution in [3.63, 3.8) is 0 Å². The van der Waals surface area contributed by atoms with Gasteiger partial charge in [-0.1, -0.05) is 47.6 Å².